The van der Waals surface area contributed by atoms with Crippen LogP contribution in [-0.4, -0.2) is 19.6 Å². The number of hydrogen-bond acceptors (Lipinski definition) is 2. The summed E-state index contributed by atoms with van der Waals surface area (Å²) in [6, 6.07) is 4.87. The molecule has 0 amide bonds. The number of carbonyl (C=O) groups is 1. The molecule has 106 valence electrons. The van der Waals surface area contributed by atoms with Gasteiger partial charge >= 0.3 is 64.3 Å². The van der Waals surface area contributed by atoms with Gasteiger partial charge in [-0.1, -0.05) is 19.2 Å². The number of halogens is 4. The van der Waals surface area contributed by atoms with E-state index in [-0.39, 0.29) is 70.0 Å². The van der Waals surface area contributed by atoms with Gasteiger partial charge in [0.05, 0.1) is 12.2 Å². The number of unbranched alkanes of at least 4 members (excludes halogenated alkanes) is 2. The molecule has 0 aromatic heterocycles. The molecule has 2 nitrogen and oxygen atoms in total. The molecule has 8 heteroatoms. The van der Waals surface area contributed by atoms with E-state index in [4.69, 9.17) is 4.74 Å². The molecule has 0 saturated carbocycles. The van der Waals surface area contributed by atoms with Crippen molar-refractivity contribution in [3.8, 4) is 0 Å². The van der Waals surface area contributed by atoms with Gasteiger partial charge < -0.3 is 17.7 Å². The minimum absolute atomic E-state index is 0. The summed E-state index contributed by atoms with van der Waals surface area (Å²) >= 11 is 0. The van der Waals surface area contributed by atoms with Crippen molar-refractivity contribution in [3.05, 3.63) is 35.6 Å². The molecule has 0 fully saturated rings. The average molecular weight is 316 g/mol. The van der Waals surface area contributed by atoms with Gasteiger partial charge in [-0.2, -0.15) is 0 Å². The smallest absolute Gasteiger partial charge is 0.462 e. The van der Waals surface area contributed by atoms with Crippen LogP contribution >= 0.6 is 0 Å². The zero-order valence-corrected chi connectivity index (χ0v) is 14.4. The minimum Gasteiger partial charge on any atom is -0.462 e. The molecular formula is C12H14BF4KO2. The molecule has 0 atom stereocenters. The minimum atomic E-state index is -4.72. The zero-order chi connectivity index (χ0) is 14.3. The number of benzene rings is 1. The van der Waals surface area contributed by atoms with E-state index >= 15 is 0 Å². The van der Waals surface area contributed by atoms with Crippen LogP contribution in [0.1, 0.15) is 29.6 Å². The quantitative estimate of drug-likeness (QED) is 0.325. The van der Waals surface area contributed by atoms with Crippen molar-refractivity contribution in [1.82, 2.24) is 0 Å². The Labute approximate surface area is 157 Å². The van der Waals surface area contributed by atoms with Gasteiger partial charge in [-0.15, -0.1) is 0 Å². The van der Waals surface area contributed by atoms with Crippen LogP contribution in [0.2, 0.25) is 6.32 Å². The van der Waals surface area contributed by atoms with Gasteiger partial charge in [-0.05, 0) is 30.7 Å². The molecule has 0 aliphatic rings. The first-order valence-electron chi connectivity index (χ1n) is 6.02. The number of esters is 1. The summed E-state index contributed by atoms with van der Waals surface area (Å²) in [6.45, 7) is -4.65. The molecule has 0 unspecified atom stereocenters. The SMILES string of the molecule is O=C(OCCCCC[B-](F)(F)F)c1ccc(F)cc1.[K+]. The van der Waals surface area contributed by atoms with Gasteiger partial charge in [0.1, 0.15) is 5.82 Å². The topological polar surface area (TPSA) is 26.3 Å². The van der Waals surface area contributed by atoms with Crippen LogP contribution in [0.25, 0.3) is 0 Å². The summed E-state index contributed by atoms with van der Waals surface area (Å²) in [5.41, 5.74) is 0.222. The van der Waals surface area contributed by atoms with Gasteiger partial charge in [-0.3, -0.25) is 0 Å². The van der Waals surface area contributed by atoms with Crippen LogP contribution in [0.4, 0.5) is 17.3 Å². The molecule has 0 aliphatic heterocycles. The molecular weight excluding hydrogens is 302 g/mol. The predicted molar refractivity (Wildman–Crippen MR) is 64.4 cm³/mol. The van der Waals surface area contributed by atoms with Gasteiger partial charge in [0.2, 0.25) is 0 Å². The first-order valence-corrected chi connectivity index (χ1v) is 6.02. The second-order valence-corrected chi connectivity index (χ2v) is 4.20. The Kier molecular flexibility index (Phi) is 10.00. The van der Waals surface area contributed by atoms with Crippen molar-refractivity contribution in [1.29, 1.82) is 0 Å². The summed E-state index contributed by atoms with van der Waals surface area (Å²) in [6.07, 6.45) is 0.0422. The van der Waals surface area contributed by atoms with Crippen molar-refractivity contribution < 1.29 is 78.3 Å². The van der Waals surface area contributed by atoms with E-state index in [1.54, 1.807) is 0 Å². The maximum absolute atomic E-state index is 12.6. The summed E-state index contributed by atoms with van der Waals surface area (Å²) in [7, 11) is 0. The Hall–Kier alpha value is 0.111. The first-order chi connectivity index (χ1) is 8.88. The average Bonchev–Trinajstić information content (AvgIpc) is 2.33. The third-order valence-corrected chi connectivity index (χ3v) is 2.49. The van der Waals surface area contributed by atoms with Crippen molar-refractivity contribution in [2.45, 2.75) is 25.6 Å². The maximum atomic E-state index is 12.6. The third kappa shape index (κ3) is 9.12. The zero-order valence-electron chi connectivity index (χ0n) is 11.3. The molecule has 20 heavy (non-hydrogen) atoms. The van der Waals surface area contributed by atoms with E-state index < -0.39 is 25.1 Å². The van der Waals surface area contributed by atoms with E-state index in [0.717, 1.165) is 12.1 Å². The molecule has 1 aromatic rings. The monoisotopic (exact) mass is 316 g/mol. The molecule has 0 radical (unpaired) electrons. The van der Waals surface area contributed by atoms with E-state index in [1.165, 1.54) is 12.1 Å². The fourth-order valence-electron chi connectivity index (χ4n) is 1.49. The molecule has 0 N–H and O–H groups in total. The van der Waals surface area contributed by atoms with E-state index in [2.05, 4.69) is 0 Å². The number of rotatable bonds is 7. The molecule has 0 heterocycles. The van der Waals surface area contributed by atoms with Crippen LogP contribution in [-0.2, 0) is 4.74 Å². The van der Waals surface area contributed by atoms with Gasteiger partial charge in [0, 0.05) is 0 Å². The first kappa shape index (κ1) is 20.1. The predicted octanol–water partition coefficient (Wildman–Crippen LogP) is 1.00. The van der Waals surface area contributed by atoms with Crippen LogP contribution < -0.4 is 51.4 Å². The molecule has 0 aliphatic carbocycles. The largest absolute Gasteiger partial charge is 1.00 e. The van der Waals surface area contributed by atoms with E-state index in [1.807, 2.05) is 0 Å². The standard InChI is InChI=1S/C12H14BF4O2.K/c14-11-6-4-10(5-7-11)12(18)19-9-3-1-2-8-13(15,16)17;/h4-7H,1-3,8-9H2;/q-1;+1. The second kappa shape index (κ2) is 9.94. The van der Waals surface area contributed by atoms with Gasteiger partial charge in [0.15, 0.2) is 0 Å². The Morgan fingerprint density at radius 2 is 1.65 bits per heavy atom. The van der Waals surface area contributed by atoms with Crippen LogP contribution in [0.5, 0.6) is 0 Å². The van der Waals surface area contributed by atoms with Crippen molar-refractivity contribution in [2.24, 2.45) is 0 Å². The summed E-state index contributed by atoms with van der Waals surface area (Å²) < 4.78 is 53.1. The molecule has 1 rings (SSSR count). The summed E-state index contributed by atoms with van der Waals surface area (Å²) in [5, 5.41) is 0. The van der Waals surface area contributed by atoms with E-state index in [9.17, 15) is 22.1 Å². The number of hydrogen-bond donors (Lipinski definition) is 0. The molecule has 0 bridgehead atoms. The molecule has 0 saturated heterocycles. The van der Waals surface area contributed by atoms with Crippen molar-refractivity contribution >= 4 is 12.9 Å². The Balaban J connectivity index is 0.00000361. The fourth-order valence-corrected chi connectivity index (χ4v) is 1.49. The van der Waals surface area contributed by atoms with Crippen LogP contribution in [0.15, 0.2) is 24.3 Å². The normalized spacial score (nSPS) is 10.8. The van der Waals surface area contributed by atoms with Crippen LogP contribution in [0, 0.1) is 5.82 Å². The van der Waals surface area contributed by atoms with Crippen LogP contribution in [0.3, 0.4) is 0 Å². The Morgan fingerprint density at radius 3 is 2.20 bits per heavy atom. The molecule has 0 spiro atoms. The Morgan fingerprint density at radius 1 is 1.05 bits per heavy atom. The summed E-state index contributed by atoms with van der Waals surface area (Å²) in [5.74, 6) is -1.05. The fraction of sp³-hybridized carbons (Fsp3) is 0.417. The maximum Gasteiger partial charge on any atom is 1.00 e. The molecule has 1 aromatic carbocycles. The van der Waals surface area contributed by atoms with E-state index in [0.29, 0.717) is 12.8 Å². The van der Waals surface area contributed by atoms with Gasteiger partial charge in [0.25, 0.3) is 0 Å². The number of carbonyl (C=O) groups excluding carboxylic acids is 1. The third-order valence-electron chi connectivity index (χ3n) is 2.49. The van der Waals surface area contributed by atoms with Crippen molar-refractivity contribution in [3.63, 3.8) is 0 Å². The van der Waals surface area contributed by atoms with Crippen molar-refractivity contribution in [2.75, 3.05) is 6.61 Å². The number of ether oxygens (including phenoxy) is 1. The second-order valence-electron chi connectivity index (χ2n) is 4.20. The summed E-state index contributed by atoms with van der Waals surface area (Å²) in [4.78, 5) is 11.4. The Bertz CT molecular complexity index is 409. The van der Waals surface area contributed by atoms with Gasteiger partial charge in [-0.25, -0.2) is 9.18 Å².